The smallest absolute Gasteiger partial charge is 0.310 e. The highest BCUT2D eigenvalue weighted by molar-refractivity contribution is 5.97. The number of hydrogen-bond donors (Lipinski definition) is 0. The number of aromatic nitrogens is 1. The molecule has 0 atom stereocenters. The Balaban J connectivity index is 2.22. The van der Waals surface area contributed by atoms with Crippen molar-refractivity contribution in [2.75, 3.05) is 7.11 Å². The number of hydrogen-bond acceptors (Lipinski definition) is 3. The molecule has 1 aromatic heterocycles. The molecule has 0 aliphatic rings. The molecule has 0 radical (unpaired) electrons. The lowest BCUT2D eigenvalue weighted by Crippen LogP contribution is -2.13. The van der Waals surface area contributed by atoms with Crippen LogP contribution in [0.5, 0.6) is 0 Å². The fourth-order valence-electron chi connectivity index (χ4n) is 3.11. The van der Waals surface area contributed by atoms with E-state index in [1.807, 2.05) is 54.6 Å². The number of nitrogens with zero attached hydrogens (tertiary/aromatic N) is 1. The van der Waals surface area contributed by atoms with Gasteiger partial charge < -0.3 is 4.74 Å². The van der Waals surface area contributed by atoms with Gasteiger partial charge in [-0.3, -0.25) is 14.2 Å². The lowest BCUT2D eigenvalue weighted by atomic mass is 10.0. The minimum Gasteiger partial charge on any atom is -0.469 e. The van der Waals surface area contributed by atoms with Gasteiger partial charge in [0, 0.05) is 24.4 Å². The summed E-state index contributed by atoms with van der Waals surface area (Å²) in [7, 11) is 1.38. The quantitative estimate of drug-likeness (QED) is 0.690. The maximum atomic E-state index is 12.3. The molecule has 4 nitrogen and oxygen atoms in total. The molecule has 3 rings (SSSR count). The largest absolute Gasteiger partial charge is 0.469 e. The van der Waals surface area contributed by atoms with Gasteiger partial charge in [-0.25, -0.2) is 0 Å². The SMILES string of the molecule is COC(=O)Cc1c(Cc2ccccc2)n(C(C)=O)c2ccccc12. The van der Waals surface area contributed by atoms with Crippen LogP contribution in [-0.2, 0) is 22.4 Å². The van der Waals surface area contributed by atoms with E-state index in [-0.39, 0.29) is 18.3 Å². The van der Waals surface area contributed by atoms with Gasteiger partial charge in [-0.05, 0) is 17.2 Å². The number of para-hydroxylation sites is 1. The van der Waals surface area contributed by atoms with Crippen LogP contribution in [0.4, 0.5) is 0 Å². The summed E-state index contributed by atoms with van der Waals surface area (Å²) in [5.74, 6) is -0.371. The number of esters is 1. The highest BCUT2D eigenvalue weighted by atomic mass is 16.5. The van der Waals surface area contributed by atoms with E-state index in [1.165, 1.54) is 7.11 Å². The molecule has 4 heteroatoms. The lowest BCUT2D eigenvalue weighted by molar-refractivity contribution is -0.139. The summed E-state index contributed by atoms with van der Waals surface area (Å²) in [5, 5.41) is 0.920. The fourth-order valence-corrected chi connectivity index (χ4v) is 3.11. The minimum atomic E-state index is -0.309. The second-order valence-electron chi connectivity index (χ2n) is 5.71. The highest BCUT2D eigenvalue weighted by Gasteiger charge is 2.21. The van der Waals surface area contributed by atoms with Gasteiger partial charge in [0.25, 0.3) is 0 Å². The first-order valence-electron chi connectivity index (χ1n) is 7.84. The van der Waals surface area contributed by atoms with Crippen molar-refractivity contribution in [3.63, 3.8) is 0 Å². The van der Waals surface area contributed by atoms with Gasteiger partial charge >= 0.3 is 5.97 Å². The van der Waals surface area contributed by atoms with E-state index in [0.717, 1.165) is 27.7 Å². The van der Waals surface area contributed by atoms with Crippen molar-refractivity contribution < 1.29 is 14.3 Å². The molecule has 0 aliphatic heterocycles. The molecule has 122 valence electrons. The third-order valence-corrected chi connectivity index (χ3v) is 4.17. The predicted octanol–water partition coefficient (Wildman–Crippen LogP) is 3.61. The van der Waals surface area contributed by atoms with Gasteiger partial charge in [-0.15, -0.1) is 0 Å². The number of methoxy groups -OCH3 is 1. The molecule has 1 heterocycles. The zero-order valence-corrected chi connectivity index (χ0v) is 13.8. The first-order valence-corrected chi connectivity index (χ1v) is 7.84. The summed E-state index contributed by atoms with van der Waals surface area (Å²) in [4.78, 5) is 24.2. The molecule has 0 fully saturated rings. The van der Waals surface area contributed by atoms with E-state index in [9.17, 15) is 9.59 Å². The summed E-state index contributed by atoms with van der Waals surface area (Å²) in [6.07, 6.45) is 0.737. The zero-order valence-electron chi connectivity index (χ0n) is 13.8. The molecule has 0 saturated carbocycles. The van der Waals surface area contributed by atoms with Crippen molar-refractivity contribution in [3.8, 4) is 0 Å². The normalized spacial score (nSPS) is 10.8. The number of carbonyl (C=O) groups excluding carboxylic acids is 2. The molecule has 0 spiro atoms. The number of benzene rings is 2. The van der Waals surface area contributed by atoms with Gasteiger partial charge in [0.2, 0.25) is 5.91 Å². The summed E-state index contributed by atoms with van der Waals surface area (Å²) >= 11 is 0. The second-order valence-corrected chi connectivity index (χ2v) is 5.71. The Kier molecular flexibility index (Phi) is 4.47. The van der Waals surface area contributed by atoms with Crippen molar-refractivity contribution in [2.24, 2.45) is 0 Å². The highest BCUT2D eigenvalue weighted by Crippen LogP contribution is 2.29. The molecule has 2 aromatic carbocycles. The van der Waals surface area contributed by atoms with E-state index in [0.29, 0.717) is 6.42 Å². The van der Waals surface area contributed by atoms with E-state index >= 15 is 0 Å². The Morgan fingerprint density at radius 2 is 1.67 bits per heavy atom. The van der Waals surface area contributed by atoms with Crippen molar-refractivity contribution >= 4 is 22.8 Å². The molecule has 3 aromatic rings. The van der Waals surface area contributed by atoms with Crippen molar-refractivity contribution in [2.45, 2.75) is 19.8 Å². The Labute approximate surface area is 140 Å². The van der Waals surface area contributed by atoms with Crippen LogP contribution in [0.2, 0.25) is 0 Å². The van der Waals surface area contributed by atoms with Crippen LogP contribution in [0.25, 0.3) is 10.9 Å². The lowest BCUT2D eigenvalue weighted by Gasteiger charge is -2.09. The van der Waals surface area contributed by atoms with Gasteiger partial charge in [-0.1, -0.05) is 48.5 Å². The Hall–Kier alpha value is -2.88. The number of ether oxygens (including phenoxy) is 1. The Bertz CT molecular complexity index is 894. The third-order valence-electron chi connectivity index (χ3n) is 4.17. The first-order chi connectivity index (χ1) is 11.6. The Morgan fingerprint density at radius 1 is 1.00 bits per heavy atom. The molecular weight excluding hydrogens is 302 g/mol. The van der Waals surface area contributed by atoms with Crippen LogP contribution >= 0.6 is 0 Å². The standard InChI is InChI=1S/C20H19NO3/c1-14(22)21-18-11-7-6-10-16(18)17(13-20(23)24-2)19(21)12-15-8-4-3-5-9-15/h3-11H,12-13H2,1-2H3. The van der Waals surface area contributed by atoms with Gasteiger partial charge in [0.15, 0.2) is 0 Å². The minimum absolute atomic E-state index is 0.0618. The zero-order chi connectivity index (χ0) is 17.1. The van der Waals surface area contributed by atoms with Crippen LogP contribution < -0.4 is 0 Å². The molecule has 0 bridgehead atoms. The van der Waals surface area contributed by atoms with Crippen LogP contribution in [0.3, 0.4) is 0 Å². The fraction of sp³-hybridized carbons (Fsp3) is 0.200. The van der Waals surface area contributed by atoms with Crippen molar-refractivity contribution in [3.05, 3.63) is 71.4 Å². The molecule has 24 heavy (non-hydrogen) atoms. The Morgan fingerprint density at radius 3 is 2.33 bits per heavy atom. The van der Waals surface area contributed by atoms with Crippen LogP contribution in [-0.4, -0.2) is 23.6 Å². The average molecular weight is 321 g/mol. The molecule has 0 aliphatic carbocycles. The number of fused-ring (bicyclic) bond motifs is 1. The van der Waals surface area contributed by atoms with E-state index in [2.05, 4.69) is 0 Å². The van der Waals surface area contributed by atoms with Crippen LogP contribution in [0, 0.1) is 0 Å². The molecule has 0 amide bonds. The summed E-state index contributed by atoms with van der Waals surface area (Å²) in [5.41, 5.74) is 3.63. The van der Waals surface area contributed by atoms with Gasteiger partial charge in [0.05, 0.1) is 19.0 Å². The van der Waals surface area contributed by atoms with Crippen LogP contribution in [0.1, 0.15) is 28.5 Å². The maximum Gasteiger partial charge on any atom is 0.310 e. The summed E-state index contributed by atoms with van der Waals surface area (Å²) < 4.78 is 6.55. The van der Waals surface area contributed by atoms with Crippen molar-refractivity contribution in [1.29, 1.82) is 0 Å². The van der Waals surface area contributed by atoms with Gasteiger partial charge in [-0.2, -0.15) is 0 Å². The number of carbonyl (C=O) groups is 2. The monoisotopic (exact) mass is 321 g/mol. The number of rotatable bonds is 4. The van der Waals surface area contributed by atoms with Crippen LogP contribution in [0.15, 0.2) is 54.6 Å². The van der Waals surface area contributed by atoms with E-state index in [4.69, 9.17) is 4.74 Å². The topological polar surface area (TPSA) is 48.3 Å². The third kappa shape index (κ3) is 2.95. The van der Waals surface area contributed by atoms with Gasteiger partial charge in [0.1, 0.15) is 0 Å². The van der Waals surface area contributed by atoms with Crippen molar-refractivity contribution in [1.82, 2.24) is 4.57 Å². The maximum absolute atomic E-state index is 12.3. The predicted molar refractivity (Wildman–Crippen MR) is 93.2 cm³/mol. The average Bonchev–Trinajstić information content (AvgIpc) is 2.89. The second kappa shape index (κ2) is 6.71. The summed E-state index contributed by atoms with van der Waals surface area (Å²) in [6.45, 7) is 1.54. The first kappa shape index (κ1) is 16.0. The van der Waals surface area contributed by atoms with E-state index in [1.54, 1.807) is 11.5 Å². The molecule has 0 saturated heterocycles. The summed E-state index contributed by atoms with van der Waals surface area (Å²) in [6, 6.07) is 17.6. The molecular formula is C20H19NO3. The van der Waals surface area contributed by atoms with E-state index < -0.39 is 0 Å². The molecule has 0 unspecified atom stereocenters. The molecule has 0 N–H and O–H groups in total.